The molecule has 144 valence electrons. The van der Waals surface area contributed by atoms with Gasteiger partial charge in [0.2, 0.25) is 0 Å². The highest BCUT2D eigenvalue weighted by Crippen LogP contribution is 2.56. The number of fused-ring (bicyclic) bond motifs is 5. The van der Waals surface area contributed by atoms with Gasteiger partial charge in [0.05, 0.1) is 17.4 Å². The van der Waals surface area contributed by atoms with Crippen LogP contribution >= 0.6 is 0 Å². The predicted octanol–water partition coefficient (Wildman–Crippen LogP) is 3.90. The number of anilines is 1. The summed E-state index contributed by atoms with van der Waals surface area (Å²) < 4.78 is 0. The molecule has 5 heteroatoms. The summed E-state index contributed by atoms with van der Waals surface area (Å²) in [6.45, 7) is 7.75. The first-order valence-electron chi connectivity index (χ1n) is 9.94. The minimum Gasteiger partial charge on any atom is -0.399 e. The average Bonchev–Trinajstić information content (AvgIpc) is 3.12. The molecule has 0 saturated carbocycles. The van der Waals surface area contributed by atoms with Gasteiger partial charge in [-0.3, -0.25) is 4.79 Å². The van der Waals surface area contributed by atoms with Crippen LogP contribution in [0.15, 0.2) is 42.7 Å². The molecule has 1 aliphatic heterocycles. The number of hydrogen-bond donors (Lipinski definition) is 2. The van der Waals surface area contributed by atoms with Crippen molar-refractivity contribution >= 4 is 22.6 Å². The van der Waals surface area contributed by atoms with Gasteiger partial charge in [0.25, 0.3) is 5.91 Å². The maximum Gasteiger partial charge on any atom is 0.254 e. The third-order valence-electron chi connectivity index (χ3n) is 7.55. The monoisotopic (exact) mass is 374 g/mol. The molecule has 3 N–H and O–H groups in total. The van der Waals surface area contributed by atoms with E-state index in [2.05, 4.69) is 47.8 Å². The number of H-pyrrole nitrogens is 1. The zero-order valence-electron chi connectivity index (χ0n) is 16.6. The summed E-state index contributed by atoms with van der Waals surface area (Å²) in [7, 11) is 0. The Bertz CT molecular complexity index is 1100. The lowest BCUT2D eigenvalue weighted by Crippen LogP contribution is -2.64. The summed E-state index contributed by atoms with van der Waals surface area (Å²) in [6, 6.07) is 12.2. The van der Waals surface area contributed by atoms with E-state index in [0.29, 0.717) is 0 Å². The molecule has 1 saturated heterocycles. The molecular formula is C23H26N4O. The van der Waals surface area contributed by atoms with E-state index in [-0.39, 0.29) is 22.8 Å². The smallest absolute Gasteiger partial charge is 0.254 e. The highest BCUT2D eigenvalue weighted by Gasteiger charge is 2.56. The Morgan fingerprint density at radius 3 is 2.86 bits per heavy atom. The van der Waals surface area contributed by atoms with Gasteiger partial charge in [0.1, 0.15) is 0 Å². The van der Waals surface area contributed by atoms with Crippen molar-refractivity contribution in [1.82, 2.24) is 14.9 Å². The lowest BCUT2D eigenvalue weighted by molar-refractivity contribution is -0.0261. The minimum absolute atomic E-state index is 0.0257. The van der Waals surface area contributed by atoms with E-state index < -0.39 is 0 Å². The van der Waals surface area contributed by atoms with Gasteiger partial charge in [-0.2, -0.15) is 0 Å². The standard InChI is InChI=1S/C23H26N4O/c1-22(2)20-12-15-10-16(24)5-6-17(15)23(22,3)8-9-27(20)21(28)14-4-7-18-19(11-14)26-13-25-18/h4-7,10-11,13,20H,8-9,12,24H2,1-3H3,(H,25,26). The van der Waals surface area contributed by atoms with Crippen LogP contribution in [0.3, 0.4) is 0 Å². The van der Waals surface area contributed by atoms with Crippen molar-refractivity contribution in [3.8, 4) is 0 Å². The van der Waals surface area contributed by atoms with Gasteiger partial charge in [-0.1, -0.05) is 26.8 Å². The van der Waals surface area contributed by atoms with Gasteiger partial charge in [-0.15, -0.1) is 0 Å². The number of nitrogens with zero attached hydrogens (tertiary/aromatic N) is 2. The Morgan fingerprint density at radius 1 is 1.21 bits per heavy atom. The first-order valence-corrected chi connectivity index (χ1v) is 9.94. The van der Waals surface area contributed by atoms with Gasteiger partial charge < -0.3 is 15.6 Å². The molecule has 1 fully saturated rings. The van der Waals surface area contributed by atoms with Crippen LogP contribution in [0.2, 0.25) is 0 Å². The summed E-state index contributed by atoms with van der Waals surface area (Å²) in [5, 5.41) is 0. The van der Waals surface area contributed by atoms with E-state index >= 15 is 0 Å². The fourth-order valence-corrected chi connectivity index (χ4v) is 5.43. The molecule has 2 unspecified atom stereocenters. The summed E-state index contributed by atoms with van der Waals surface area (Å²) in [5.74, 6) is 0.101. The molecule has 1 amide bonds. The number of carbonyl (C=O) groups excluding carboxylic acids is 1. The van der Waals surface area contributed by atoms with Gasteiger partial charge in [-0.05, 0) is 59.7 Å². The van der Waals surface area contributed by atoms with E-state index in [4.69, 9.17) is 5.73 Å². The second kappa shape index (κ2) is 5.60. The number of piperidine rings is 1. The van der Waals surface area contributed by atoms with Crippen molar-refractivity contribution < 1.29 is 4.79 Å². The summed E-state index contributed by atoms with van der Waals surface area (Å²) in [6.07, 6.45) is 3.46. The number of nitrogens with one attached hydrogen (secondary N) is 1. The van der Waals surface area contributed by atoms with Crippen LogP contribution < -0.4 is 5.73 Å². The van der Waals surface area contributed by atoms with Crippen LogP contribution in [0.4, 0.5) is 5.69 Å². The maximum atomic E-state index is 13.5. The van der Waals surface area contributed by atoms with E-state index in [9.17, 15) is 4.79 Å². The van der Waals surface area contributed by atoms with E-state index in [1.165, 1.54) is 11.1 Å². The second-order valence-corrected chi connectivity index (χ2v) is 9.07. The Morgan fingerprint density at radius 2 is 2.04 bits per heavy atom. The normalized spacial score (nSPS) is 25.5. The third kappa shape index (κ3) is 2.19. The Labute approximate surface area is 164 Å². The molecule has 1 aliphatic carbocycles. The number of aromatic nitrogens is 2. The number of nitrogen functional groups attached to an aromatic ring is 1. The number of hydrogen-bond acceptors (Lipinski definition) is 3. The van der Waals surface area contributed by atoms with E-state index in [0.717, 1.165) is 41.7 Å². The number of rotatable bonds is 1. The first-order chi connectivity index (χ1) is 13.3. The van der Waals surface area contributed by atoms with E-state index in [1.54, 1.807) is 6.33 Å². The SMILES string of the molecule is CC12CCN(C(=O)c3ccc4nc[nH]c4c3)C(Cc3cc(N)ccc31)C2(C)C. The number of aromatic amines is 1. The number of carbonyl (C=O) groups is 1. The van der Waals surface area contributed by atoms with Gasteiger partial charge in [-0.25, -0.2) is 4.98 Å². The predicted molar refractivity (Wildman–Crippen MR) is 111 cm³/mol. The van der Waals surface area contributed by atoms with Crippen molar-refractivity contribution in [1.29, 1.82) is 0 Å². The van der Waals surface area contributed by atoms with Crippen molar-refractivity contribution in [2.75, 3.05) is 12.3 Å². The molecule has 5 rings (SSSR count). The Hall–Kier alpha value is -2.82. The first kappa shape index (κ1) is 17.3. The molecule has 28 heavy (non-hydrogen) atoms. The number of imidazole rings is 1. The quantitative estimate of drug-likeness (QED) is 0.634. The molecule has 1 aromatic heterocycles. The molecule has 5 nitrogen and oxygen atoms in total. The van der Waals surface area contributed by atoms with Crippen LogP contribution in [0.25, 0.3) is 11.0 Å². The van der Waals surface area contributed by atoms with Crippen LogP contribution in [0, 0.1) is 5.41 Å². The van der Waals surface area contributed by atoms with Crippen LogP contribution in [0.5, 0.6) is 0 Å². The van der Waals surface area contributed by atoms with Crippen LogP contribution in [-0.2, 0) is 11.8 Å². The number of nitrogens with two attached hydrogens (primary N) is 1. The molecule has 2 atom stereocenters. The van der Waals surface area contributed by atoms with Crippen molar-refractivity contribution in [3.63, 3.8) is 0 Å². The zero-order chi connectivity index (χ0) is 19.7. The number of amides is 1. The third-order valence-corrected chi connectivity index (χ3v) is 7.55. The summed E-state index contributed by atoms with van der Waals surface area (Å²) in [4.78, 5) is 23.0. The Balaban J connectivity index is 1.57. The van der Waals surface area contributed by atoms with Gasteiger partial charge >= 0.3 is 0 Å². The maximum absolute atomic E-state index is 13.5. The lowest BCUT2D eigenvalue weighted by Gasteiger charge is -2.60. The topological polar surface area (TPSA) is 75.0 Å². The largest absolute Gasteiger partial charge is 0.399 e. The summed E-state index contributed by atoms with van der Waals surface area (Å²) in [5.41, 5.74) is 12.1. The van der Waals surface area contributed by atoms with Crippen molar-refractivity contribution in [3.05, 3.63) is 59.4 Å². The Kier molecular flexibility index (Phi) is 3.46. The highest BCUT2D eigenvalue weighted by atomic mass is 16.2. The van der Waals surface area contributed by atoms with E-state index in [1.807, 2.05) is 24.3 Å². The van der Waals surface area contributed by atoms with Crippen LogP contribution in [-0.4, -0.2) is 33.4 Å². The van der Waals surface area contributed by atoms with Crippen molar-refractivity contribution in [2.24, 2.45) is 5.41 Å². The fourth-order valence-electron chi connectivity index (χ4n) is 5.43. The van der Waals surface area contributed by atoms with Crippen LogP contribution in [0.1, 0.15) is 48.7 Å². The molecule has 2 aliphatic rings. The molecule has 0 spiro atoms. The molecule has 2 heterocycles. The minimum atomic E-state index is -0.0257. The highest BCUT2D eigenvalue weighted by molar-refractivity contribution is 5.97. The molecule has 0 radical (unpaired) electrons. The average molecular weight is 374 g/mol. The van der Waals surface area contributed by atoms with Gasteiger partial charge in [0, 0.05) is 29.3 Å². The lowest BCUT2D eigenvalue weighted by atomic mass is 9.51. The summed E-state index contributed by atoms with van der Waals surface area (Å²) >= 11 is 0. The number of likely N-dealkylation sites (tertiary alicyclic amines) is 1. The second-order valence-electron chi connectivity index (χ2n) is 9.07. The van der Waals surface area contributed by atoms with Crippen molar-refractivity contribution in [2.45, 2.75) is 45.1 Å². The molecular weight excluding hydrogens is 348 g/mol. The molecule has 3 aromatic rings. The molecule has 2 bridgehead atoms. The zero-order valence-corrected chi connectivity index (χ0v) is 16.6. The fraction of sp³-hybridized carbons (Fsp3) is 0.391. The molecule has 2 aromatic carbocycles. The van der Waals surface area contributed by atoms with Gasteiger partial charge in [0.15, 0.2) is 0 Å². The number of benzene rings is 2.